The van der Waals surface area contributed by atoms with E-state index in [1.807, 2.05) is 31.2 Å². The highest BCUT2D eigenvalue weighted by molar-refractivity contribution is 5.91. The Bertz CT molecular complexity index is 926. The second-order valence-electron chi connectivity index (χ2n) is 6.27. The molecular formula is C20H22N2O3. The molecule has 5 heteroatoms. The minimum Gasteiger partial charge on any atom is -0.459 e. The van der Waals surface area contributed by atoms with Gasteiger partial charge in [0.15, 0.2) is 5.76 Å². The Morgan fingerprint density at radius 3 is 2.80 bits per heavy atom. The predicted molar refractivity (Wildman–Crippen MR) is 97.7 cm³/mol. The third-order valence-electron chi connectivity index (χ3n) is 4.24. The average molecular weight is 338 g/mol. The van der Waals surface area contributed by atoms with E-state index in [0.717, 1.165) is 29.3 Å². The van der Waals surface area contributed by atoms with E-state index < -0.39 is 0 Å². The van der Waals surface area contributed by atoms with Crippen molar-refractivity contribution in [2.45, 2.75) is 33.2 Å². The number of hydrogen-bond acceptors (Lipinski definition) is 3. The van der Waals surface area contributed by atoms with Crippen LogP contribution in [0.5, 0.6) is 0 Å². The van der Waals surface area contributed by atoms with Crippen molar-refractivity contribution in [1.82, 2.24) is 9.88 Å². The van der Waals surface area contributed by atoms with Crippen LogP contribution in [-0.2, 0) is 6.54 Å². The molecule has 0 atom stereocenters. The lowest BCUT2D eigenvalue weighted by atomic mass is 10.1. The van der Waals surface area contributed by atoms with Crippen LogP contribution in [0.1, 0.15) is 41.4 Å². The highest BCUT2D eigenvalue weighted by atomic mass is 16.3. The summed E-state index contributed by atoms with van der Waals surface area (Å²) in [5, 5.41) is 0.968. The number of rotatable bonds is 6. The number of benzene rings is 1. The van der Waals surface area contributed by atoms with Gasteiger partial charge in [0.25, 0.3) is 11.5 Å². The number of carbonyl (C=O) groups is 1. The van der Waals surface area contributed by atoms with Gasteiger partial charge in [-0.15, -0.1) is 0 Å². The molecule has 0 aliphatic heterocycles. The van der Waals surface area contributed by atoms with Gasteiger partial charge in [-0.2, -0.15) is 0 Å². The van der Waals surface area contributed by atoms with Gasteiger partial charge in [-0.1, -0.05) is 25.0 Å². The van der Waals surface area contributed by atoms with Crippen LogP contribution in [0.25, 0.3) is 10.9 Å². The van der Waals surface area contributed by atoms with Crippen LogP contribution in [-0.4, -0.2) is 22.3 Å². The normalized spacial score (nSPS) is 11.0. The summed E-state index contributed by atoms with van der Waals surface area (Å²) >= 11 is 0. The molecule has 5 nitrogen and oxygen atoms in total. The molecule has 0 bridgehead atoms. The summed E-state index contributed by atoms with van der Waals surface area (Å²) in [6.07, 6.45) is 3.32. The second-order valence-corrected chi connectivity index (χ2v) is 6.27. The van der Waals surface area contributed by atoms with Gasteiger partial charge in [0.1, 0.15) is 0 Å². The van der Waals surface area contributed by atoms with Crippen molar-refractivity contribution >= 4 is 16.8 Å². The Morgan fingerprint density at radius 2 is 2.08 bits per heavy atom. The molecule has 2 heterocycles. The first-order chi connectivity index (χ1) is 12.1. The lowest BCUT2D eigenvalue weighted by Crippen LogP contribution is -2.33. The number of furan rings is 1. The zero-order chi connectivity index (χ0) is 17.8. The quantitative estimate of drug-likeness (QED) is 0.742. The van der Waals surface area contributed by atoms with Gasteiger partial charge in [-0.25, -0.2) is 0 Å². The summed E-state index contributed by atoms with van der Waals surface area (Å²) in [4.78, 5) is 29.7. The van der Waals surface area contributed by atoms with Crippen molar-refractivity contribution in [1.29, 1.82) is 0 Å². The van der Waals surface area contributed by atoms with E-state index in [4.69, 9.17) is 4.42 Å². The maximum Gasteiger partial charge on any atom is 0.289 e. The molecule has 0 fully saturated rings. The number of nitrogens with zero attached hydrogens (tertiary/aromatic N) is 1. The number of H-pyrrole nitrogens is 1. The maximum absolute atomic E-state index is 12.7. The van der Waals surface area contributed by atoms with Gasteiger partial charge in [-0.05, 0) is 49.1 Å². The van der Waals surface area contributed by atoms with Crippen LogP contribution < -0.4 is 5.56 Å². The molecular weight excluding hydrogens is 316 g/mol. The van der Waals surface area contributed by atoms with Crippen molar-refractivity contribution < 1.29 is 9.21 Å². The van der Waals surface area contributed by atoms with Crippen LogP contribution >= 0.6 is 0 Å². The number of amides is 1. The molecule has 0 radical (unpaired) electrons. The van der Waals surface area contributed by atoms with E-state index in [-0.39, 0.29) is 18.0 Å². The van der Waals surface area contributed by atoms with E-state index in [0.29, 0.717) is 17.9 Å². The molecule has 1 aromatic carbocycles. The summed E-state index contributed by atoms with van der Waals surface area (Å²) in [5.41, 5.74) is 2.34. The zero-order valence-electron chi connectivity index (χ0n) is 14.5. The van der Waals surface area contributed by atoms with Gasteiger partial charge in [0.05, 0.1) is 12.8 Å². The Kier molecular flexibility index (Phi) is 5.03. The molecule has 0 aliphatic rings. The zero-order valence-corrected chi connectivity index (χ0v) is 14.5. The van der Waals surface area contributed by atoms with Crippen LogP contribution in [0.2, 0.25) is 0 Å². The lowest BCUT2D eigenvalue weighted by molar-refractivity contribution is 0.0708. The minimum atomic E-state index is -0.192. The molecule has 1 amide bonds. The van der Waals surface area contributed by atoms with E-state index in [1.54, 1.807) is 17.0 Å². The number of hydrogen-bond donors (Lipinski definition) is 1. The van der Waals surface area contributed by atoms with Crippen LogP contribution in [0.3, 0.4) is 0 Å². The van der Waals surface area contributed by atoms with Crippen molar-refractivity contribution in [3.63, 3.8) is 0 Å². The highest BCUT2D eigenvalue weighted by Gasteiger charge is 2.19. The molecule has 25 heavy (non-hydrogen) atoms. The van der Waals surface area contributed by atoms with Crippen molar-refractivity contribution in [3.8, 4) is 0 Å². The number of aromatic amines is 1. The molecule has 3 rings (SSSR count). The maximum atomic E-state index is 12.7. The Hall–Kier alpha value is -2.82. The first-order valence-electron chi connectivity index (χ1n) is 8.54. The van der Waals surface area contributed by atoms with Gasteiger partial charge in [0, 0.05) is 17.6 Å². The number of carbonyl (C=O) groups excluding carboxylic acids is 1. The van der Waals surface area contributed by atoms with Gasteiger partial charge in [-0.3, -0.25) is 9.59 Å². The smallest absolute Gasteiger partial charge is 0.289 e. The first kappa shape index (κ1) is 17.0. The molecule has 2 aromatic heterocycles. The Balaban J connectivity index is 1.93. The Labute approximate surface area is 146 Å². The third-order valence-corrected chi connectivity index (χ3v) is 4.24. The summed E-state index contributed by atoms with van der Waals surface area (Å²) in [6.45, 7) is 4.93. The van der Waals surface area contributed by atoms with Crippen LogP contribution in [0.4, 0.5) is 0 Å². The molecule has 0 unspecified atom stereocenters. The monoisotopic (exact) mass is 338 g/mol. The largest absolute Gasteiger partial charge is 0.459 e. The van der Waals surface area contributed by atoms with Crippen molar-refractivity contribution in [2.24, 2.45) is 0 Å². The average Bonchev–Trinajstić information content (AvgIpc) is 3.13. The van der Waals surface area contributed by atoms with E-state index >= 15 is 0 Å². The molecule has 3 aromatic rings. The first-order valence-corrected chi connectivity index (χ1v) is 8.54. The Morgan fingerprint density at radius 1 is 1.24 bits per heavy atom. The SMILES string of the molecule is CCCCN(Cc1cc2cc(C)ccc2[nH]c1=O)C(=O)c1ccco1. The van der Waals surface area contributed by atoms with Crippen LogP contribution in [0.15, 0.2) is 51.9 Å². The van der Waals surface area contributed by atoms with Gasteiger partial charge in [0.2, 0.25) is 0 Å². The van der Waals surface area contributed by atoms with E-state index in [2.05, 4.69) is 11.9 Å². The fourth-order valence-electron chi connectivity index (χ4n) is 2.85. The number of unbranched alkanes of at least 4 members (excludes halogenated alkanes) is 1. The topological polar surface area (TPSA) is 66.3 Å². The molecule has 0 saturated heterocycles. The fraction of sp³-hybridized carbons (Fsp3) is 0.300. The minimum absolute atomic E-state index is 0.162. The second kappa shape index (κ2) is 7.38. The summed E-state index contributed by atoms with van der Waals surface area (Å²) in [5.74, 6) is 0.103. The standard InChI is InChI=1S/C20H22N2O3/c1-3-4-9-22(20(24)18-6-5-10-25-18)13-16-12-15-11-14(2)7-8-17(15)21-19(16)23/h5-8,10-12H,3-4,9,13H2,1-2H3,(H,21,23). The van der Waals surface area contributed by atoms with Crippen molar-refractivity contribution in [2.75, 3.05) is 6.54 Å². The molecule has 0 saturated carbocycles. The molecule has 0 spiro atoms. The third kappa shape index (κ3) is 3.82. The lowest BCUT2D eigenvalue weighted by Gasteiger charge is -2.21. The molecule has 1 N–H and O–H groups in total. The van der Waals surface area contributed by atoms with E-state index in [9.17, 15) is 9.59 Å². The van der Waals surface area contributed by atoms with Gasteiger partial charge >= 0.3 is 0 Å². The van der Waals surface area contributed by atoms with E-state index in [1.165, 1.54) is 6.26 Å². The van der Waals surface area contributed by atoms with Crippen LogP contribution in [0, 0.1) is 6.92 Å². The number of aromatic nitrogens is 1. The van der Waals surface area contributed by atoms with Crippen molar-refractivity contribution in [3.05, 3.63) is 69.9 Å². The number of nitrogens with one attached hydrogen (secondary N) is 1. The molecule has 130 valence electrons. The number of fused-ring (bicyclic) bond motifs is 1. The van der Waals surface area contributed by atoms with Gasteiger partial charge < -0.3 is 14.3 Å². The predicted octanol–water partition coefficient (Wildman–Crippen LogP) is 3.87. The molecule has 0 aliphatic carbocycles. The highest BCUT2D eigenvalue weighted by Crippen LogP contribution is 2.16. The number of pyridine rings is 1. The fourth-order valence-corrected chi connectivity index (χ4v) is 2.85. The summed E-state index contributed by atoms with van der Waals surface area (Å²) < 4.78 is 5.23. The summed E-state index contributed by atoms with van der Waals surface area (Å²) in [6, 6.07) is 11.1. The summed E-state index contributed by atoms with van der Waals surface area (Å²) in [7, 11) is 0. The number of aryl methyl sites for hydroxylation is 1.